The average molecular weight is 471 g/mol. The van der Waals surface area contributed by atoms with Gasteiger partial charge in [-0.05, 0) is 65.6 Å². The molecule has 0 amide bonds. The fourth-order valence-electron chi connectivity index (χ4n) is 4.41. The molecule has 0 aliphatic heterocycles. The van der Waals surface area contributed by atoms with Gasteiger partial charge in [0.15, 0.2) is 0 Å². The molecule has 2 heterocycles. The fourth-order valence-corrected chi connectivity index (χ4v) is 5.44. The van der Waals surface area contributed by atoms with E-state index < -0.39 is 0 Å². The van der Waals surface area contributed by atoms with Crippen LogP contribution in [0.5, 0.6) is 5.75 Å². The van der Waals surface area contributed by atoms with Crippen molar-refractivity contribution in [2.75, 3.05) is 0 Å². The maximum Gasteiger partial charge on any atom is 0.128 e. The minimum atomic E-state index is 0.246. The first kappa shape index (κ1) is 21.3. The maximum atomic E-state index is 10.4. The second kappa shape index (κ2) is 9.16. The van der Waals surface area contributed by atoms with Crippen LogP contribution in [0.25, 0.3) is 43.2 Å². The van der Waals surface area contributed by atoms with Gasteiger partial charge in [-0.15, -0.1) is 11.3 Å². The van der Waals surface area contributed by atoms with Crippen molar-refractivity contribution >= 4 is 21.6 Å². The lowest BCUT2D eigenvalue weighted by Gasteiger charge is -2.11. The Kier molecular flexibility index (Phi) is 5.57. The van der Waals surface area contributed by atoms with Crippen LogP contribution in [0.1, 0.15) is 11.1 Å². The monoisotopic (exact) mass is 470 g/mol. The van der Waals surface area contributed by atoms with Crippen molar-refractivity contribution < 1.29 is 5.11 Å². The van der Waals surface area contributed by atoms with E-state index in [-0.39, 0.29) is 5.75 Å². The molecule has 4 heteroatoms. The van der Waals surface area contributed by atoms with Crippen LogP contribution < -0.4 is 0 Å². The third-order valence-electron chi connectivity index (χ3n) is 6.07. The van der Waals surface area contributed by atoms with Crippen molar-refractivity contribution in [3.8, 4) is 38.7 Å². The number of thiazole rings is 1. The Morgan fingerprint density at radius 3 is 2.26 bits per heavy atom. The third kappa shape index (κ3) is 4.32. The average Bonchev–Trinajstić information content (AvgIpc) is 3.34. The van der Waals surface area contributed by atoms with Crippen LogP contribution in [0.2, 0.25) is 0 Å². The lowest BCUT2D eigenvalue weighted by molar-refractivity contribution is 0.477. The highest BCUT2D eigenvalue weighted by molar-refractivity contribution is 7.21. The van der Waals surface area contributed by atoms with E-state index in [0.29, 0.717) is 0 Å². The Balaban J connectivity index is 1.51. The number of benzene rings is 4. The predicted molar refractivity (Wildman–Crippen MR) is 145 cm³/mol. The fraction of sp³-hybridized carbons (Fsp3) is 0.0323. The summed E-state index contributed by atoms with van der Waals surface area (Å²) < 4.78 is 1.09. The van der Waals surface area contributed by atoms with E-state index in [1.165, 1.54) is 11.1 Å². The van der Waals surface area contributed by atoms with Gasteiger partial charge in [0.2, 0.25) is 0 Å². The van der Waals surface area contributed by atoms with Crippen molar-refractivity contribution in [1.82, 2.24) is 9.97 Å². The molecule has 0 aliphatic rings. The van der Waals surface area contributed by atoms with E-state index in [4.69, 9.17) is 4.98 Å². The van der Waals surface area contributed by atoms with Crippen molar-refractivity contribution in [3.63, 3.8) is 0 Å². The van der Waals surface area contributed by atoms with E-state index >= 15 is 0 Å². The van der Waals surface area contributed by atoms with Gasteiger partial charge in [0.25, 0.3) is 0 Å². The summed E-state index contributed by atoms with van der Waals surface area (Å²) in [6, 6.07) is 36.9. The molecule has 0 atom stereocenters. The summed E-state index contributed by atoms with van der Waals surface area (Å²) in [6.07, 6.45) is 2.67. The number of phenols is 1. The Hall–Kier alpha value is -4.28. The number of phenolic OH excluding ortho intramolecular Hbond substituents is 1. The SMILES string of the molecule is Oc1ccccc1-c1nc2c(-c3cc(Cc4ccccc4)cc(-c4ccccn4)c3)cccc2s1. The second-order valence-electron chi connectivity index (χ2n) is 8.48. The van der Waals surface area contributed by atoms with Crippen LogP contribution in [0, 0.1) is 0 Å². The summed E-state index contributed by atoms with van der Waals surface area (Å²) in [5.41, 5.74) is 8.41. The number of pyridine rings is 1. The van der Waals surface area contributed by atoms with Crippen LogP contribution in [0.4, 0.5) is 0 Å². The molecule has 2 aromatic heterocycles. The summed E-state index contributed by atoms with van der Waals surface area (Å²) in [4.78, 5) is 9.59. The molecule has 0 bridgehead atoms. The quantitative estimate of drug-likeness (QED) is 0.278. The van der Waals surface area contributed by atoms with Crippen LogP contribution in [-0.4, -0.2) is 15.1 Å². The maximum absolute atomic E-state index is 10.4. The van der Waals surface area contributed by atoms with Gasteiger partial charge in [-0.1, -0.05) is 66.7 Å². The first-order valence-electron chi connectivity index (χ1n) is 11.5. The highest BCUT2D eigenvalue weighted by Crippen LogP contribution is 2.39. The predicted octanol–water partition coefficient (Wildman–Crippen LogP) is 7.99. The summed E-state index contributed by atoms with van der Waals surface area (Å²) in [7, 11) is 0. The van der Waals surface area contributed by atoms with E-state index in [1.54, 1.807) is 17.4 Å². The van der Waals surface area contributed by atoms with Gasteiger partial charge in [-0.3, -0.25) is 4.98 Å². The van der Waals surface area contributed by atoms with Gasteiger partial charge >= 0.3 is 0 Å². The minimum Gasteiger partial charge on any atom is -0.507 e. The zero-order valence-corrected chi connectivity index (χ0v) is 19.7. The molecule has 4 aromatic carbocycles. The number of fused-ring (bicyclic) bond motifs is 1. The Morgan fingerprint density at radius 1 is 0.657 bits per heavy atom. The number of aromatic hydroxyl groups is 1. The zero-order chi connectivity index (χ0) is 23.6. The third-order valence-corrected chi connectivity index (χ3v) is 7.12. The van der Waals surface area contributed by atoms with E-state index in [0.717, 1.165) is 49.6 Å². The smallest absolute Gasteiger partial charge is 0.128 e. The number of aromatic nitrogens is 2. The highest BCUT2D eigenvalue weighted by Gasteiger charge is 2.15. The number of hydrogen-bond acceptors (Lipinski definition) is 4. The molecule has 0 aliphatic carbocycles. The summed E-state index contributed by atoms with van der Waals surface area (Å²) in [6.45, 7) is 0. The minimum absolute atomic E-state index is 0.246. The summed E-state index contributed by atoms with van der Waals surface area (Å²) in [5, 5.41) is 11.2. The Morgan fingerprint density at radius 2 is 1.43 bits per heavy atom. The Labute approximate surface area is 208 Å². The van der Waals surface area contributed by atoms with Crippen LogP contribution in [-0.2, 0) is 6.42 Å². The molecule has 3 nitrogen and oxygen atoms in total. The normalized spacial score (nSPS) is 11.1. The standard InChI is InChI=1S/C31H22N2OS/c34-28-14-5-4-11-26(28)31-33-30-25(12-8-15-29(30)35-31)23-18-22(17-21-9-2-1-3-10-21)19-24(20-23)27-13-6-7-16-32-27/h1-16,18-20,34H,17H2. The lowest BCUT2D eigenvalue weighted by atomic mass is 9.94. The van der Waals surface area contributed by atoms with Crippen molar-refractivity contribution in [2.24, 2.45) is 0 Å². The highest BCUT2D eigenvalue weighted by atomic mass is 32.1. The van der Waals surface area contributed by atoms with Crippen molar-refractivity contribution in [3.05, 3.63) is 127 Å². The molecule has 35 heavy (non-hydrogen) atoms. The molecule has 0 saturated heterocycles. The van der Waals surface area contributed by atoms with E-state index in [9.17, 15) is 5.11 Å². The number of hydrogen-bond donors (Lipinski definition) is 1. The van der Waals surface area contributed by atoms with Crippen LogP contribution in [0.3, 0.4) is 0 Å². The van der Waals surface area contributed by atoms with E-state index in [2.05, 4.69) is 65.6 Å². The van der Waals surface area contributed by atoms with Crippen LogP contribution >= 0.6 is 11.3 Å². The molecule has 0 radical (unpaired) electrons. The van der Waals surface area contributed by atoms with Gasteiger partial charge in [0, 0.05) is 17.3 Å². The molecular weight excluding hydrogens is 448 g/mol. The zero-order valence-electron chi connectivity index (χ0n) is 18.9. The van der Waals surface area contributed by atoms with E-state index in [1.807, 2.05) is 48.7 Å². The summed E-state index contributed by atoms with van der Waals surface area (Å²) >= 11 is 1.60. The van der Waals surface area contributed by atoms with Gasteiger partial charge in [-0.25, -0.2) is 4.98 Å². The molecule has 0 saturated carbocycles. The molecule has 1 N–H and O–H groups in total. The molecule has 6 rings (SSSR count). The van der Waals surface area contributed by atoms with Crippen LogP contribution in [0.15, 0.2) is 115 Å². The molecule has 0 unspecified atom stereocenters. The molecule has 6 aromatic rings. The second-order valence-corrected chi connectivity index (χ2v) is 9.52. The van der Waals surface area contributed by atoms with Crippen molar-refractivity contribution in [2.45, 2.75) is 6.42 Å². The van der Waals surface area contributed by atoms with Gasteiger partial charge in [0.1, 0.15) is 10.8 Å². The summed E-state index contributed by atoms with van der Waals surface area (Å²) in [5.74, 6) is 0.246. The number of nitrogens with zero attached hydrogens (tertiary/aromatic N) is 2. The largest absolute Gasteiger partial charge is 0.507 e. The first-order chi connectivity index (χ1) is 17.2. The topological polar surface area (TPSA) is 46.0 Å². The Bertz CT molecular complexity index is 1620. The number of rotatable bonds is 5. The van der Waals surface area contributed by atoms with Gasteiger partial charge < -0.3 is 5.11 Å². The molecule has 0 spiro atoms. The molecule has 168 valence electrons. The first-order valence-corrected chi connectivity index (χ1v) is 12.3. The number of para-hydroxylation sites is 2. The van der Waals surface area contributed by atoms with Gasteiger partial charge in [-0.2, -0.15) is 0 Å². The van der Waals surface area contributed by atoms with Crippen molar-refractivity contribution in [1.29, 1.82) is 0 Å². The molecule has 0 fully saturated rings. The molecular formula is C31H22N2OS. The van der Waals surface area contributed by atoms with Gasteiger partial charge in [0.05, 0.1) is 21.5 Å². The lowest BCUT2D eigenvalue weighted by Crippen LogP contribution is -1.93.